The number of ether oxygens (including phenoxy) is 1. The zero-order chi connectivity index (χ0) is 18.0. The lowest BCUT2D eigenvalue weighted by molar-refractivity contribution is -0.129. The average molecular weight is 392 g/mol. The number of imide groups is 1. The second-order valence-electron chi connectivity index (χ2n) is 4.70. The lowest BCUT2D eigenvalue weighted by Gasteiger charge is -2.03. The van der Waals surface area contributed by atoms with E-state index in [1.807, 2.05) is 5.32 Å². The Balaban J connectivity index is 1.73. The summed E-state index contributed by atoms with van der Waals surface area (Å²) in [6, 6.07) is 6.50. The molecule has 10 heteroatoms. The topological polar surface area (TPSA) is 102 Å². The van der Waals surface area contributed by atoms with Crippen LogP contribution in [0.2, 0.25) is 0 Å². The van der Waals surface area contributed by atoms with Gasteiger partial charge < -0.3 is 10.1 Å². The second-order valence-corrected chi connectivity index (χ2v) is 7.43. The summed E-state index contributed by atoms with van der Waals surface area (Å²) in [5.41, 5.74) is 0.642. The number of thioether (sulfide) groups is 2. The third-order valence-electron chi connectivity index (χ3n) is 2.91. The molecule has 0 spiro atoms. The van der Waals surface area contributed by atoms with Crippen molar-refractivity contribution < 1.29 is 23.9 Å². The number of carbonyl (C=O) groups is 4. The van der Waals surface area contributed by atoms with Gasteiger partial charge >= 0.3 is 5.97 Å². The maximum atomic E-state index is 11.9. The molecule has 7 nitrogen and oxygen atoms in total. The van der Waals surface area contributed by atoms with Gasteiger partial charge in [0.2, 0.25) is 0 Å². The molecule has 1 aromatic carbocycles. The Morgan fingerprint density at radius 2 is 1.84 bits per heavy atom. The van der Waals surface area contributed by atoms with Gasteiger partial charge in [0, 0.05) is 6.08 Å². The van der Waals surface area contributed by atoms with Crippen LogP contribution in [-0.4, -0.2) is 27.3 Å². The number of thiocarbonyl (C=S) groups is 1. The second kappa shape index (κ2) is 7.21. The highest BCUT2D eigenvalue weighted by Crippen LogP contribution is 2.27. The molecule has 126 valence electrons. The van der Waals surface area contributed by atoms with Gasteiger partial charge in [-0.2, -0.15) is 0 Å². The summed E-state index contributed by atoms with van der Waals surface area (Å²) in [5, 5.41) is 4.01. The molecule has 0 bridgehead atoms. The van der Waals surface area contributed by atoms with Crippen molar-refractivity contribution in [3.8, 4) is 5.75 Å². The first-order chi connectivity index (χ1) is 11.9. The van der Waals surface area contributed by atoms with E-state index in [0.717, 1.165) is 17.8 Å². The van der Waals surface area contributed by atoms with Crippen LogP contribution in [0.1, 0.15) is 5.56 Å². The van der Waals surface area contributed by atoms with E-state index in [1.165, 1.54) is 0 Å². The number of carbonyl (C=O) groups excluding carboxylic acids is 4. The average Bonchev–Trinajstić information content (AvgIpc) is 3.00. The van der Waals surface area contributed by atoms with Crippen LogP contribution in [0.5, 0.6) is 5.75 Å². The minimum absolute atomic E-state index is 0.0270. The molecule has 0 aromatic heterocycles. The van der Waals surface area contributed by atoms with Gasteiger partial charge in [-0.05, 0) is 35.5 Å². The molecule has 2 heterocycles. The molecule has 2 N–H and O–H groups in total. The summed E-state index contributed by atoms with van der Waals surface area (Å²) < 4.78 is 5.51. The highest BCUT2D eigenvalue weighted by Gasteiger charge is 2.26. The lowest BCUT2D eigenvalue weighted by Crippen LogP contribution is -2.18. The van der Waals surface area contributed by atoms with Crippen LogP contribution in [0.4, 0.5) is 4.79 Å². The number of hydrogen-bond donors (Lipinski definition) is 2. The van der Waals surface area contributed by atoms with Crippen LogP contribution in [0.25, 0.3) is 6.08 Å². The predicted octanol–water partition coefficient (Wildman–Crippen LogP) is 1.95. The van der Waals surface area contributed by atoms with E-state index >= 15 is 0 Å². The van der Waals surface area contributed by atoms with Crippen molar-refractivity contribution >= 4 is 69.2 Å². The smallest absolute Gasteiger partial charge is 0.337 e. The van der Waals surface area contributed by atoms with E-state index in [1.54, 1.807) is 30.3 Å². The number of benzene rings is 1. The summed E-state index contributed by atoms with van der Waals surface area (Å²) in [6.07, 6.45) is 2.57. The molecule has 25 heavy (non-hydrogen) atoms. The van der Waals surface area contributed by atoms with Gasteiger partial charge in [0.05, 0.1) is 9.81 Å². The first-order valence-corrected chi connectivity index (χ1v) is 8.76. The Bertz CT molecular complexity index is 891. The molecule has 1 aromatic rings. The first kappa shape index (κ1) is 17.4. The highest BCUT2D eigenvalue weighted by molar-refractivity contribution is 8.26. The molecular formula is C15H8N2O5S3. The van der Waals surface area contributed by atoms with Gasteiger partial charge in [-0.15, -0.1) is 0 Å². The van der Waals surface area contributed by atoms with E-state index < -0.39 is 17.1 Å². The lowest BCUT2D eigenvalue weighted by atomic mass is 10.2. The molecule has 2 aliphatic heterocycles. The maximum Gasteiger partial charge on any atom is 0.337 e. The van der Waals surface area contributed by atoms with Crippen LogP contribution in [0.15, 0.2) is 40.2 Å². The van der Waals surface area contributed by atoms with Gasteiger partial charge in [-0.3, -0.25) is 19.7 Å². The SMILES string of the molecule is O=C(/C=C1/SC(=O)NC1=O)Oc1cccc(/C=C2\SC(=S)NC2=O)c1. The van der Waals surface area contributed by atoms with Crippen LogP contribution in [0, 0.1) is 0 Å². The molecular weight excluding hydrogens is 384 g/mol. The molecule has 0 atom stereocenters. The molecule has 0 aliphatic carbocycles. The summed E-state index contributed by atoms with van der Waals surface area (Å²) in [5.74, 6) is -1.47. The fourth-order valence-corrected chi connectivity index (χ4v) is 3.60. The summed E-state index contributed by atoms with van der Waals surface area (Å²) in [6.45, 7) is 0. The van der Waals surface area contributed by atoms with Crippen molar-refractivity contribution in [2.75, 3.05) is 0 Å². The maximum absolute atomic E-state index is 11.9. The number of nitrogens with one attached hydrogen (secondary N) is 2. The van der Waals surface area contributed by atoms with Gasteiger partial charge in [0.25, 0.3) is 17.1 Å². The molecule has 3 rings (SSSR count). The molecule has 3 amide bonds. The van der Waals surface area contributed by atoms with Crippen molar-refractivity contribution in [3.05, 3.63) is 45.7 Å². The van der Waals surface area contributed by atoms with Gasteiger partial charge in [-0.1, -0.05) is 36.1 Å². The monoisotopic (exact) mass is 392 g/mol. The predicted molar refractivity (Wildman–Crippen MR) is 97.6 cm³/mol. The number of rotatable bonds is 3. The number of hydrogen-bond acceptors (Lipinski definition) is 8. The van der Waals surface area contributed by atoms with Gasteiger partial charge in [0.1, 0.15) is 10.1 Å². The molecule has 2 saturated heterocycles. The Hall–Kier alpha value is -2.43. The number of esters is 1. The van der Waals surface area contributed by atoms with Crippen LogP contribution >= 0.6 is 35.7 Å². The standard InChI is InChI=1S/C15H8N2O5S3/c18-11(6-10-12(19)16-14(21)24-10)22-8-3-1-2-7(4-8)5-9-13(20)17-15(23)25-9/h1-6H,(H,16,19,21)(H,17,20,23)/b9-5-,10-6+. The Kier molecular flexibility index (Phi) is 5.02. The minimum Gasteiger partial charge on any atom is -0.423 e. The van der Waals surface area contributed by atoms with E-state index in [4.69, 9.17) is 17.0 Å². The molecule has 0 saturated carbocycles. The Labute approximate surface area is 155 Å². The van der Waals surface area contributed by atoms with Crippen LogP contribution in [0.3, 0.4) is 0 Å². The summed E-state index contributed by atoms with van der Waals surface area (Å²) in [4.78, 5) is 46.4. The van der Waals surface area contributed by atoms with E-state index in [2.05, 4.69) is 5.32 Å². The molecule has 0 unspecified atom stereocenters. The summed E-state index contributed by atoms with van der Waals surface area (Å²) >= 11 is 6.69. The largest absolute Gasteiger partial charge is 0.423 e. The zero-order valence-electron chi connectivity index (χ0n) is 12.2. The van der Waals surface area contributed by atoms with Gasteiger partial charge in [0.15, 0.2) is 0 Å². The fraction of sp³-hybridized carbons (Fsp3) is 0. The van der Waals surface area contributed by atoms with E-state index in [-0.39, 0.29) is 16.6 Å². The highest BCUT2D eigenvalue weighted by atomic mass is 32.2. The van der Waals surface area contributed by atoms with Crippen molar-refractivity contribution in [2.24, 2.45) is 0 Å². The Morgan fingerprint density at radius 3 is 2.48 bits per heavy atom. The zero-order valence-corrected chi connectivity index (χ0v) is 14.7. The first-order valence-electron chi connectivity index (χ1n) is 6.72. The quantitative estimate of drug-likeness (QED) is 0.348. The summed E-state index contributed by atoms with van der Waals surface area (Å²) in [7, 11) is 0. The van der Waals surface area contributed by atoms with Crippen molar-refractivity contribution in [1.29, 1.82) is 0 Å². The minimum atomic E-state index is -0.786. The Morgan fingerprint density at radius 1 is 1.08 bits per heavy atom. The van der Waals surface area contributed by atoms with Crippen LogP contribution < -0.4 is 15.4 Å². The van der Waals surface area contributed by atoms with Crippen molar-refractivity contribution in [2.45, 2.75) is 0 Å². The third-order valence-corrected chi connectivity index (χ3v) is 4.88. The fourth-order valence-electron chi connectivity index (χ4n) is 1.91. The molecule has 2 aliphatic rings. The van der Waals surface area contributed by atoms with E-state index in [9.17, 15) is 19.2 Å². The number of amides is 3. The normalized spacial score (nSPS) is 20.2. The molecule has 2 fully saturated rings. The van der Waals surface area contributed by atoms with E-state index in [0.29, 0.717) is 26.6 Å². The van der Waals surface area contributed by atoms with Crippen molar-refractivity contribution in [3.63, 3.8) is 0 Å². The van der Waals surface area contributed by atoms with Crippen molar-refractivity contribution in [1.82, 2.24) is 10.6 Å². The third kappa shape index (κ3) is 4.35. The van der Waals surface area contributed by atoms with Gasteiger partial charge in [-0.25, -0.2) is 4.79 Å². The molecule has 0 radical (unpaired) electrons. The van der Waals surface area contributed by atoms with Crippen LogP contribution in [-0.2, 0) is 14.4 Å².